The van der Waals surface area contributed by atoms with Gasteiger partial charge in [-0.2, -0.15) is 0 Å². The van der Waals surface area contributed by atoms with Crippen LogP contribution in [0.4, 0.5) is 0 Å². The van der Waals surface area contributed by atoms with Crippen LogP contribution in [-0.4, -0.2) is 28.0 Å². The van der Waals surface area contributed by atoms with Crippen molar-refractivity contribution in [3.63, 3.8) is 0 Å². The molecular formula is C20H20N4O3. The highest BCUT2D eigenvalue weighted by Crippen LogP contribution is 2.07. The number of nitrogens with one attached hydrogen (secondary N) is 2. The molecule has 1 unspecified atom stereocenters. The molecule has 0 radical (unpaired) electrons. The van der Waals surface area contributed by atoms with Gasteiger partial charge in [0.2, 0.25) is 5.91 Å². The molecule has 3 rings (SSSR count). The van der Waals surface area contributed by atoms with Gasteiger partial charge >= 0.3 is 0 Å². The van der Waals surface area contributed by atoms with Gasteiger partial charge < -0.3 is 15.2 Å². The molecule has 2 N–H and O–H groups in total. The van der Waals surface area contributed by atoms with E-state index >= 15 is 0 Å². The molecule has 138 valence electrons. The van der Waals surface area contributed by atoms with Crippen molar-refractivity contribution in [1.82, 2.24) is 20.8 Å². The summed E-state index contributed by atoms with van der Waals surface area (Å²) in [4.78, 5) is 29.3. The lowest BCUT2D eigenvalue weighted by Crippen LogP contribution is -2.48. The van der Waals surface area contributed by atoms with Crippen LogP contribution in [-0.2, 0) is 17.8 Å². The van der Waals surface area contributed by atoms with E-state index in [0.29, 0.717) is 12.2 Å². The van der Waals surface area contributed by atoms with E-state index in [1.54, 1.807) is 13.1 Å². The van der Waals surface area contributed by atoms with E-state index in [9.17, 15) is 9.59 Å². The normalized spacial score (nSPS) is 11.6. The number of hydrogen-bond acceptors (Lipinski definition) is 5. The van der Waals surface area contributed by atoms with E-state index in [4.69, 9.17) is 4.52 Å². The second kappa shape index (κ2) is 8.75. The predicted molar refractivity (Wildman–Crippen MR) is 98.7 cm³/mol. The van der Waals surface area contributed by atoms with Crippen molar-refractivity contribution in [1.29, 1.82) is 0 Å². The minimum atomic E-state index is -0.749. The van der Waals surface area contributed by atoms with Gasteiger partial charge in [0, 0.05) is 18.7 Å². The maximum atomic E-state index is 12.7. The standard InChI is InChI=1S/C20H20N4O3/c1-14-11-18(24-27-14)20(26)23-17(12-15-7-3-2-4-8-15)19(25)22-13-16-9-5-6-10-21-16/h2-11,17H,12-13H2,1H3,(H,22,25)(H,23,26). The first-order valence-electron chi connectivity index (χ1n) is 8.57. The average Bonchev–Trinajstić information content (AvgIpc) is 3.14. The molecule has 2 amide bonds. The van der Waals surface area contributed by atoms with Gasteiger partial charge in [0.15, 0.2) is 5.69 Å². The monoisotopic (exact) mass is 364 g/mol. The highest BCUT2D eigenvalue weighted by Gasteiger charge is 2.23. The van der Waals surface area contributed by atoms with E-state index in [1.165, 1.54) is 6.07 Å². The summed E-state index contributed by atoms with van der Waals surface area (Å²) in [5.74, 6) is -0.224. The highest BCUT2D eigenvalue weighted by molar-refractivity contribution is 5.96. The molecule has 0 bridgehead atoms. The number of aryl methyl sites for hydroxylation is 1. The SMILES string of the molecule is Cc1cc(C(=O)NC(Cc2ccccc2)C(=O)NCc2ccccn2)no1. The van der Waals surface area contributed by atoms with Crippen molar-refractivity contribution in [2.45, 2.75) is 25.9 Å². The summed E-state index contributed by atoms with van der Waals surface area (Å²) < 4.78 is 4.93. The van der Waals surface area contributed by atoms with E-state index in [2.05, 4.69) is 20.8 Å². The van der Waals surface area contributed by atoms with Crippen molar-refractivity contribution in [3.8, 4) is 0 Å². The fraction of sp³-hybridized carbons (Fsp3) is 0.200. The van der Waals surface area contributed by atoms with Crippen molar-refractivity contribution < 1.29 is 14.1 Å². The predicted octanol–water partition coefficient (Wildman–Crippen LogP) is 2.04. The molecule has 0 saturated heterocycles. The Balaban J connectivity index is 1.70. The maximum absolute atomic E-state index is 12.7. The first-order valence-corrected chi connectivity index (χ1v) is 8.57. The molecule has 0 spiro atoms. The third-order valence-corrected chi connectivity index (χ3v) is 3.93. The Labute approximate surface area is 156 Å². The summed E-state index contributed by atoms with van der Waals surface area (Å²) in [5, 5.41) is 9.26. The molecule has 0 saturated carbocycles. The van der Waals surface area contributed by atoms with Gasteiger partial charge in [-0.3, -0.25) is 14.6 Å². The number of carbonyl (C=O) groups excluding carboxylic acids is 2. The van der Waals surface area contributed by atoms with Gasteiger partial charge in [-0.15, -0.1) is 0 Å². The third-order valence-electron chi connectivity index (χ3n) is 3.93. The second-order valence-corrected chi connectivity index (χ2v) is 6.08. The van der Waals surface area contributed by atoms with Crippen LogP contribution in [0.15, 0.2) is 65.3 Å². The first-order chi connectivity index (χ1) is 13.1. The maximum Gasteiger partial charge on any atom is 0.274 e. The summed E-state index contributed by atoms with van der Waals surface area (Å²) >= 11 is 0. The minimum Gasteiger partial charge on any atom is -0.361 e. The number of amides is 2. The van der Waals surface area contributed by atoms with Gasteiger partial charge in [0.25, 0.3) is 5.91 Å². The molecule has 1 atom stereocenters. The number of aromatic nitrogens is 2. The number of nitrogens with zero attached hydrogens (tertiary/aromatic N) is 2. The van der Waals surface area contributed by atoms with Crippen LogP contribution in [0.5, 0.6) is 0 Å². The Kier molecular flexibility index (Phi) is 5.94. The Bertz CT molecular complexity index is 894. The van der Waals surface area contributed by atoms with Crippen LogP contribution in [0, 0.1) is 6.92 Å². The Morgan fingerprint density at radius 2 is 1.89 bits per heavy atom. The molecule has 7 nitrogen and oxygen atoms in total. The largest absolute Gasteiger partial charge is 0.361 e. The summed E-state index contributed by atoms with van der Waals surface area (Å²) in [5.41, 5.74) is 1.82. The van der Waals surface area contributed by atoms with Crippen molar-refractivity contribution in [2.75, 3.05) is 0 Å². The van der Waals surface area contributed by atoms with Crippen molar-refractivity contribution in [3.05, 3.63) is 83.5 Å². The number of pyridine rings is 1. The smallest absolute Gasteiger partial charge is 0.274 e. The topological polar surface area (TPSA) is 97.1 Å². The van der Waals surface area contributed by atoms with E-state index < -0.39 is 11.9 Å². The van der Waals surface area contributed by atoms with Crippen molar-refractivity contribution >= 4 is 11.8 Å². The molecule has 3 aromatic rings. The van der Waals surface area contributed by atoms with E-state index in [1.807, 2.05) is 48.5 Å². The summed E-state index contributed by atoms with van der Waals surface area (Å²) in [7, 11) is 0. The minimum absolute atomic E-state index is 0.142. The fourth-order valence-electron chi connectivity index (χ4n) is 2.57. The van der Waals surface area contributed by atoms with Gasteiger partial charge in [-0.25, -0.2) is 0 Å². The number of carbonyl (C=O) groups is 2. The van der Waals surface area contributed by atoms with Crippen LogP contribution in [0.1, 0.15) is 27.5 Å². The molecular weight excluding hydrogens is 344 g/mol. The number of hydrogen-bond donors (Lipinski definition) is 2. The molecule has 0 aliphatic heterocycles. The van der Waals surface area contributed by atoms with Crippen LogP contribution in [0.25, 0.3) is 0 Å². The summed E-state index contributed by atoms with van der Waals surface area (Å²) in [6, 6.07) is 15.8. The molecule has 2 aromatic heterocycles. The fourth-order valence-corrected chi connectivity index (χ4v) is 2.57. The van der Waals surface area contributed by atoms with Crippen molar-refractivity contribution in [2.24, 2.45) is 0 Å². The van der Waals surface area contributed by atoms with Gasteiger partial charge in [-0.05, 0) is 24.6 Å². The van der Waals surface area contributed by atoms with Gasteiger partial charge in [-0.1, -0.05) is 41.6 Å². The zero-order valence-corrected chi connectivity index (χ0v) is 14.9. The van der Waals surface area contributed by atoms with Crippen LogP contribution >= 0.6 is 0 Å². The first kappa shape index (κ1) is 18.3. The van der Waals surface area contributed by atoms with Crippen LogP contribution in [0.2, 0.25) is 0 Å². The second-order valence-electron chi connectivity index (χ2n) is 6.08. The number of benzene rings is 1. The molecule has 2 heterocycles. The molecule has 0 aliphatic rings. The lowest BCUT2D eigenvalue weighted by molar-refractivity contribution is -0.123. The van der Waals surface area contributed by atoms with Gasteiger partial charge in [0.05, 0.1) is 12.2 Å². The molecule has 27 heavy (non-hydrogen) atoms. The average molecular weight is 364 g/mol. The lowest BCUT2D eigenvalue weighted by Gasteiger charge is -2.18. The quantitative estimate of drug-likeness (QED) is 0.669. The Morgan fingerprint density at radius 1 is 1.11 bits per heavy atom. The molecule has 0 fully saturated rings. The Hall–Kier alpha value is -3.48. The number of rotatable bonds is 7. The molecule has 1 aromatic carbocycles. The summed E-state index contributed by atoms with van der Waals surface area (Å²) in [6.07, 6.45) is 2.02. The third kappa shape index (κ3) is 5.24. The summed E-state index contributed by atoms with van der Waals surface area (Å²) in [6.45, 7) is 1.98. The zero-order valence-electron chi connectivity index (χ0n) is 14.9. The molecule has 7 heteroatoms. The highest BCUT2D eigenvalue weighted by atomic mass is 16.5. The lowest BCUT2D eigenvalue weighted by atomic mass is 10.0. The Morgan fingerprint density at radius 3 is 2.56 bits per heavy atom. The van der Waals surface area contributed by atoms with E-state index in [0.717, 1.165) is 11.3 Å². The molecule has 0 aliphatic carbocycles. The van der Waals surface area contributed by atoms with E-state index in [-0.39, 0.29) is 18.1 Å². The van der Waals surface area contributed by atoms with Crippen LogP contribution in [0.3, 0.4) is 0 Å². The zero-order chi connectivity index (χ0) is 19.1. The van der Waals surface area contributed by atoms with Gasteiger partial charge in [0.1, 0.15) is 11.8 Å². The van der Waals surface area contributed by atoms with Crippen LogP contribution < -0.4 is 10.6 Å².